The lowest BCUT2D eigenvalue weighted by atomic mass is 10.1. The van der Waals surface area contributed by atoms with E-state index in [1.54, 1.807) is 36.4 Å². The van der Waals surface area contributed by atoms with Crippen LogP contribution in [0.5, 0.6) is 0 Å². The second-order valence-electron chi connectivity index (χ2n) is 5.53. The van der Waals surface area contributed by atoms with E-state index < -0.39 is 19.9 Å². The number of rotatable bonds is 6. The molecule has 27 heavy (non-hydrogen) atoms. The average Bonchev–Trinajstić information content (AvgIpc) is 2.69. The normalized spacial score (nSPS) is 11.9. The van der Waals surface area contributed by atoms with Gasteiger partial charge in [0.2, 0.25) is 0 Å². The molecule has 3 aromatic rings. The van der Waals surface area contributed by atoms with Crippen molar-refractivity contribution in [1.82, 2.24) is 15.2 Å². The number of hydrogen-bond donors (Lipinski definition) is 1. The Hall–Kier alpha value is -2.85. The number of anilines is 1. The lowest BCUT2D eigenvalue weighted by Gasteiger charge is -2.08. The first-order valence-electron chi connectivity index (χ1n) is 7.91. The summed E-state index contributed by atoms with van der Waals surface area (Å²) in [6.45, 7) is 1.54. The van der Waals surface area contributed by atoms with Crippen molar-refractivity contribution in [3.8, 4) is 11.3 Å². The van der Waals surface area contributed by atoms with Crippen molar-refractivity contribution < 1.29 is 16.8 Å². The molecule has 3 rings (SSSR count). The lowest BCUT2D eigenvalue weighted by Crippen LogP contribution is -2.13. The second kappa shape index (κ2) is 7.41. The fourth-order valence-corrected chi connectivity index (χ4v) is 3.97. The third kappa shape index (κ3) is 4.29. The van der Waals surface area contributed by atoms with Gasteiger partial charge in [-0.05, 0) is 36.4 Å². The Balaban J connectivity index is 1.80. The maximum atomic E-state index is 12.3. The predicted octanol–water partition coefficient (Wildman–Crippen LogP) is 2.13. The summed E-state index contributed by atoms with van der Waals surface area (Å²) >= 11 is 0. The largest absolute Gasteiger partial charge is 0.280 e. The first-order chi connectivity index (χ1) is 12.8. The van der Waals surface area contributed by atoms with E-state index in [4.69, 9.17) is 0 Å². The zero-order valence-corrected chi connectivity index (χ0v) is 15.9. The number of nitrogens with zero attached hydrogens (tertiary/aromatic N) is 3. The van der Waals surface area contributed by atoms with Crippen LogP contribution in [-0.4, -0.2) is 37.8 Å². The monoisotopic (exact) mass is 404 g/mol. The highest BCUT2D eigenvalue weighted by atomic mass is 32.2. The summed E-state index contributed by atoms with van der Waals surface area (Å²) in [6, 6.07) is 12.5. The molecule has 140 valence electrons. The highest BCUT2D eigenvalue weighted by Crippen LogP contribution is 2.21. The van der Waals surface area contributed by atoms with Crippen LogP contribution in [0, 0.1) is 0 Å². The van der Waals surface area contributed by atoms with Gasteiger partial charge in [0.25, 0.3) is 10.0 Å². The Morgan fingerprint density at radius 3 is 2.22 bits per heavy atom. The van der Waals surface area contributed by atoms with Crippen molar-refractivity contribution >= 4 is 25.5 Å². The molecule has 2 heterocycles. The number of sulfone groups is 1. The molecule has 1 aromatic carbocycles. The summed E-state index contributed by atoms with van der Waals surface area (Å²) in [6.07, 6.45) is 2.75. The highest BCUT2D eigenvalue weighted by Gasteiger charge is 2.15. The summed E-state index contributed by atoms with van der Waals surface area (Å²) in [7, 11) is -7.13. The Labute approximate surface area is 157 Å². The molecule has 0 saturated carbocycles. The van der Waals surface area contributed by atoms with Crippen molar-refractivity contribution in [3.63, 3.8) is 0 Å². The molecule has 10 heteroatoms. The van der Waals surface area contributed by atoms with E-state index in [0.717, 1.165) is 0 Å². The van der Waals surface area contributed by atoms with E-state index in [1.807, 2.05) is 0 Å². The van der Waals surface area contributed by atoms with Crippen LogP contribution in [0.2, 0.25) is 0 Å². The molecule has 0 radical (unpaired) electrons. The molecule has 0 aliphatic carbocycles. The number of sulfonamides is 1. The summed E-state index contributed by atoms with van der Waals surface area (Å²) in [4.78, 5) is 3.86. The van der Waals surface area contributed by atoms with Gasteiger partial charge < -0.3 is 0 Å². The molecule has 0 saturated heterocycles. The van der Waals surface area contributed by atoms with Gasteiger partial charge in [-0.2, -0.15) is 0 Å². The Morgan fingerprint density at radius 1 is 0.926 bits per heavy atom. The average molecular weight is 404 g/mol. The van der Waals surface area contributed by atoms with Gasteiger partial charge in [0.15, 0.2) is 14.9 Å². The minimum atomic E-state index is -3.72. The number of pyridine rings is 1. The molecule has 0 aliphatic rings. The Kier molecular flexibility index (Phi) is 5.19. The van der Waals surface area contributed by atoms with Gasteiger partial charge in [0, 0.05) is 23.6 Å². The van der Waals surface area contributed by atoms with Gasteiger partial charge in [-0.25, -0.2) is 16.8 Å². The molecule has 0 aliphatic heterocycles. The van der Waals surface area contributed by atoms with Gasteiger partial charge in [-0.1, -0.05) is 19.1 Å². The zero-order chi connectivity index (χ0) is 19.5. The van der Waals surface area contributed by atoms with Crippen LogP contribution in [0.4, 0.5) is 5.69 Å². The first-order valence-corrected chi connectivity index (χ1v) is 11.0. The van der Waals surface area contributed by atoms with E-state index in [-0.39, 0.29) is 15.7 Å². The highest BCUT2D eigenvalue weighted by molar-refractivity contribution is 7.92. The third-order valence-electron chi connectivity index (χ3n) is 3.72. The molecule has 1 N–H and O–H groups in total. The predicted molar refractivity (Wildman–Crippen MR) is 100 cm³/mol. The number of nitrogens with one attached hydrogen (secondary N) is 1. The van der Waals surface area contributed by atoms with Gasteiger partial charge in [-0.15, -0.1) is 10.2 Å². The fourth-order valence-electron chi connectivity index (χ4n) is 2.22. The summed E-state index contributed by atoms with van der Waals surface area (Å²) in [5.41, 5.74) is 1.53. The number of hydrogen-bond acceptors (Lipinski definition) is 7. The molecule has 0 fully saturated rings. The van der Waals surface area contributed by atoms with E-state index in [9.17, 15) is 16.8 Å². The maximum absolute atomic E-state index is 12.3. The molecule has 0 spiro atoms. The van der Waals surface area contributed by atoms with Crippen LogP contribution in [0.15, 0.2) is 70.8 Å². The third-order valence-corrected chi connectivity index (χ3v) is 6.70. The molecule has 0 atom stereocenters. The molecule has 8 nitrogen and oxygen atoms in total. The van der Waals surface area contributed by atoms with Crippen LogP contribution in [0.25, 0.3) is 11.3 Å². The SMILES string of the molecule is CCS(=O)(=O)c1ccc(-c2ccc(NS(=O)(=O)c3cccnc3)cc2)nn1. The van der Waals surface area contributed by atoms with Crippen LogP contribution in [0.3, 0.4) is 0 Å². The minimum absolute atomic E-state index is 0.0488. The quantitative estimate of drug-likeness (QED) is 0.668. The summed E-state index contributed by atoms with van der Waals surface area (Å²) in [5.74, 6) is -0.0488. The van der Waals surface area contributed by atoms with Gasteiger partial charge in [-0.3, -0.25) is 9.71 Å². The van der Waals surface area contributed by atoms with Crippen LogP contribution < -0.4 is 4.72 Å². The fraction of sp³-hybridized carbons (Fsp3) is 0.118. The number of aromatic nitrogens is 3. The molecule has 0 bridgehead atoms. The minimum Gasteiger partial charge on any atom is -0.280 e. The number of benzene rings is 1. The van der Waals surface area contributed by atoms with Gasteiger partial charge in [0.05, 0.1) is 11.4 Å². The van der Waals surface area contributed by atoms with Crippen LogP contribution in [-0.2, 0) is 19.9 Å². The lowest BCUT2D eigenvalue weighted by molar-refractivity contribution is 0.591. The van der Waals surface area contributed by atoms with Crippen molar-refractivity contribution in [3.05, 3.63) is 60.9 Å². The van der Waals surface area contributed by atoms with Crippen molar-refractivity contribution in [2.45, 2.75) is 16.8 Å². The standard InChI is InChI=1S/C17H16N4O4S2/c1-2-26(22,23)17-10-9-16(19-20-17)13-5-7-14(8-6-13)21-27(24,25)15-4-3-11-18-12-15/h3-12,21H,2H2,1H3. The van der Waals surface area contributed by atoms with Gasteiger partial charge in [0.1, 0.15) is 4.90 Å². The Morgan fingerprint density at radius 2 is 1.67 bits per heavy atom. The molecule has 0 amide bonds. The smallest absolute Gasteiger partial charge is 0.263 e. The van der Waals surface area contributed by atoms with E-state index in [1.165, 1.54) is 31.5 Å². The zero-order valence-electron chi connectivity index (χ0n) is 14.3. The topological polar surface area (TPSA) is 119 Å². The van der Waals surface area contributed by atoms with E-state index in [2.05, 4.69) is 19.9 Å². The first kappa shape index (κ1) is 18.9. The summed E-state index contributed by atoms with van der Waals surface area (Å²) in [5, 5.41) is 7.63. The molecule has 2 aromatic heterocycles. The van der Waals surface area contributed by atoms with Crippen molar-refractivity contribution in [2.75, 3.05) is 10.5 Å². The molecule has 0 unspecified atom stereocenters. The summed E-state index contributed by atoms with van der Waals surface area (Å²) < 4.78 is 50.6. The second-order valence-corrected chi connectivity index (χ2v) is 9.44. The van der Waals surface area contributed by atoms with Gasteiger partial charge >= 0.3 is 0 Å². The van der Waals surface area contributed by atoms with Crippen molar-refractivity contribution in [2.24, 2.45) is 0 Å². The maximum Gasteiger partial charge on any atom is 0.263 e. The van der Waals surface area contributed by atoms with E-state index >= 15 is 0 Å². The van der Waals surface area contributed by atoms with E-state index in [0.29, 0.717) is 16.9 Å². The van der Waals surface area contributed by atoms with Crippen LogP contribution in [0.1, 0.15) is 6.92 Å². The molecular formula is C17H16N4O4S2. The van der Waals surface area contributed by atoms with Crippen molar-refractivity contribution in [1.29, 1.82) is 0 Å². The Bertz CT molecular complexity index is 1130. The molecular weight excluding hydrogens is 388 g/mol. The van der Waals surface area contributed by atoms with Crippen LogP contribution >= 0.6 is 0 Å².